The summed E-state index contributed by atoms with van der Waals surface area (Å²) in [4.78, 5) is 32.5. The normalized spacial score (nSPS) is 14.9. The maximum absolute atomic E-state index is 13.8. The largest absolute Gasteiger partial charge is 0.478 e. The predicted molar refractivity (Wildman–Crippen MR) is 148 cm³/mol. The Morgan fingerprint density at radius 2 is 1.84 bits per heavy atom. The van der Waals surface area contributed by atoms with Gasteiger partial charge in [-0.3, -0.25) is 14.2 Å². The van der Waals surface area contributed by atoms with Crippen molar-refractivity contribution >= 4 is 40.6 Å². The lowest BCUT2D eigenvalue weighted by Gasteiger charge is -2.25. The third-order valence-corrected chi connectivity index (χ3v) is 7.22. The number of allylic oxidation sites excluding steroid dienone is 1. The molecule has 0 saturated carbocycles. The van der Waals surface area contributed by atoms with Gasteiger partial charge in [-0.25, -0.2) is 4.99 Å². The van der Waals surface area contributed by atoms with Gasteiger partial charge in [0, 0.05) is 16.3 Å². The Morgan fingerprint density at radius 1 is 1.13 bits per heavy atom. The number of fused-ring (bicyclic) bond motifs is 1. The van der Waals surface area contributed by atoms with Crippen LogP contribution in [-0.2, 0) is 4.79 Å². The lowest BCUT2D eigenvalue weighted by atomic mass is 9.95. The summed E-state index contributed by atoms with van der Waals surface area (Å²) in [7, 11) is 0. The predicted octanol–water partition coefficient (Wildman–Crippen LogP) is 4.43. The van der Waals surface area contributed by atoms with Crippen molar-refractivity contribution in [2.75, 3.05) is 11.9 Å². The van der Waals surface area contributed by atoms with E-state index in [1.165, 1.54) is 11.3 Å². The first-order valence-corrected chi connectivity index (χ1v) is 12.9. The molecule has 1 aliphatic heterocycles. The third-order valence-electron chi connectivity index (χ3n) is 5.98. The van der Waals surface area contributed by atoms with Crippen LogP contribution in [0.5, 0.6) is 5.75 Å². The highest BCUT2D eigenvalue weighted by atomic mass is 35.5. The van der Waals surface area contributed by atoms with Crippen molar-refractivity contribution in [3.8, 4) is 11.8 Å². The molecule has 4 aromatic rings. The summed E-state index contributed by atoms with van der Waals surface area (Å²) < 4.78 is 7.50. The number of benzene rings is 3. The minimum Gasteiger partial charge on any atom is -0.478 e. The number of thiazole rings is 1. The zero-order valence-electron chi connectivity index (χ0n) is 20.2. The van der Waals surface area contributed by atoms with Crippen LogP contribution in [-0.4, -0.2) is 17.1 Å². The van der Waals surface area contributed by atoms with Crippen molar-refractivity contribution < 1.29 is 9.53 Å². The van der Waals surface area contributed by atoms with Crippen molar-refractivity contribution in [3.05, 3.63) is 126 Å². The first-order chi connectivity index (χ1) is 18.5. The van der Waals surface area contributed by atoms with Gasteiger partial charge in [-0.2, -0.15) is 5.26 Å². The van der Waals surface area contributed by atoms with Gasteiger partial charge in [0.05, 0.1) is 21.8 Å². The van der Waals surface area contributed by atoms with E-state index in [4.69, 9.17) is 21.6 Å². The first kappa shape index (κ1) is 25.2. The van der Waals surface area contributed by atoms with Gasteiger partial charge in [-0.15, -0.1) is 0 Å². The summed E-state index contributed by atoms with van der Waals surface area (Å²) in [5.74, 6) is 0.148. The Hall–Kier alpha value is -4.45. The van der Waals surface area contributed by atoms with E-state index >= 15 is 0 Å². The monoisotopic (exact) mass is 540 g/mol. The number of carbonyl (C=O) groups is 1. The molecule has 9 heteroatoms. The summed E-state index contributed by atoms with van der Waals surface area (Å²) in [5, 5.41) is 12.4. The standard InChI is InChI=1S/C29H21ClN4O3S/c1-18-25(27(35)33-22-8-3-2-4-9-22)26(19-11-13-21(30)14-12-19)34-28(36)24(38-29(34)32-18)17-20-7-5-6-10-23(20)37-16-15-31/h2-14,17,26H,16H2,1H3,(H,33,35)/b24-17-/t26-/m0/s1. The molecule has 0 unspecified atom stereocenters. The molecular formula is C29H21ClN4O3S. The number of hydrogen-bond acceptors (Lipinski definition) is 6. The zero-order valence-corrected chi connectivity index (χ0v) is 21.8. The minimum atomic E-state index is -0.709. The van der Waals surface area contributed by atoms with E-state index in [0.717, 1.165) is 5.56 Å². The van der Waals surface area contributed by atoms with Crippen LogP contribution >= 0.6 is 22.9 Å². The van der Waals surface area contributed by atoms with Crippen LogP contribution < -0.4 is 24.9 Å². The highest BCUT2D eigenvalue weighted by Crippen LogP contribution is 2.31. The Kier molecular flexibility index (Phi) is 7.22. The molecule has 1 amide bonds. The Labute approximate surface area is 227 Å². The molecule has 38 heavy (non-hydrogen) atoms. The van der Waals surface area contributed by atoms with Crippen LogP contribution in [0.25, 0.3) is 6.08 Å². The summed E-state index contributed by atoms with van der Waals surface area (Å²) in [6, 6.07) is 24.6. The van der Waals surface area contributed by atoms with Gasteiger partial charge in [0.2, 0.25) is 0 Å². The summed E-state index contributed by atoms with van der Waals surface area (Å²) in [6.45, 7) is 1.66. The van der Waals surface area contributed by atoms with Gasteiger partial charge < -0.3 is 10.1 Å². The number of hydrogen-bond donors (Lipinski definition) is 1. The van der Waals surface area contributed by atoms with E-state index in [0.29, 0.717) is 42.6 Å². The van der Waals surface area contributed by atoms with Crippen LogP contribution in [0.3, 0.4) is 0 Å². The number of para-hydroxylation sites is 2. The second-order valence-corrected chi connectivity index (χ2v) is 9.88. The average molecular weight is 541 g/mol. The van der Waals surface area contributed by atoms with E-state index in [2.05, 4.69) is 10.3 Å². The van der Waals surface area contributed by atoms with Crippen molar-refractivity contribution in [3.63, 3.8) is 0 Å². The molecule has 7 nitrogen and oxygen atoms in total. The van der Waals surface area contributed by atoms with Gasteiger partial charge in [-0.1, -0.05) is 71.5 Å². The molecule has 0 radical (unpaired) electrons. The Morgan fingerprint density at radius 3 is 2.58 bits per heavy atom. The Balaban J connectivity index is 1.66. The molecule has 0 fully saturated rings. The number of rotatable bonds is 6. The number of aromatic nitrogens is 1. The maximum Gasteiger partial charge on any atom is 0.271 e. The van der Waals surface area contributed by atoms with Crippen molar-refractivity contribution in [1.29, 1.82) is 5.26 Å². The van der Waals surface area contributed by atoms with E-state index < -0.39 is 6.04 Å². The molecule has 188 valence electrons. The van der Waals surface area contributed by atoms with Gasteiger partial charge >= 0.3 is 0 Å². The number of carbonyl (C=O) groups excluding carboxylic acids is 1. The quantitative estimate of drug-likeness (QED) is 0.391. The van der Waals surface area contributed by atoms with E-state index in [9.17, 15) is 9.59 Å². The number of nitrogens with one attached hydrogen (secondary N) is 1. The van der Waals surface area contributed by atoms with Crippen molar-refractivity contribution in [2.24, 2.45) is 4.99 Å². The fourth-order valence-corrected chi connectivity index (χ4v) is 5.44. The SMILES string of the molecule is CC1=C(C(=O)Nc2ccccc2)[C@H](c2ccc(Cl)cc2)n2c(s/c(=C\c3ccccc3OCC#N)c2=O)=N1. The number of nitrogens with zero attached hydrogens (tertiary/aromatic N) is 3. The van der Waals surface area contributed by atoms with Crippen LogP contribution in [0.4, 0.5) is 5.69 Å². The first-order valence-electron chi connectivity index (χ1n) is 11.7. The van der Waals surface area contributed by atoms with Crippen molar-refractivity contribution in [1.82, 2.24) is 4.57 Å². The number of amides is 1. The second kappa shape index (κ2) is 10.9. The molecule has 1 N–H and O–H groups in total. The molecule has 1 atom stereocenters. The fraction of sp³-hybridized carbons (Fsp3) is 0.103. The molecule has 0 bridgehead atoms. The summed E-state index contributed by atoms with van der Waals surface area (Å²) in [5.41, 5.74) is 2.62. The average Bonchev–Trinajstić information content (AvgIpc) is 3.22. The van der Waals surface area contributed by atoms with Gasteiger partial charge in [0.15, 0.2) is 11.4 Å². The van der Waals surface area contributed by atoms with E-state index in [-0.39, 0.29) is 18.1 Å². The topological polar surface area (TPSA) is 96.5 Å². The van der Waals surface area contributed by atoms with Gasteiger partial charge in [-0.05, 0) is 48.9 Å². The third kappa shape index (κ3) is 5.02. The fourth-order valence-electron chi connectivity index (χ4n) is 4.27. The lowest BCUT2D eigenvalue weighted by molar-refractivity contribution is -0.113. The molecule has 1 aromatic heterocycles. The lowest BCUT2D eigenvalue weighted by Crippen LogP contribution is -2.40. The highest BCUT2D eigenvalue weighted by molar-refractivity contribution is 7.07. The van der Waals surface area contributed by atoms with Crippen LogP contribution in [0.1, 0.15) is 24.1 Å². The number of ether oxygens (including phenoxy) is 1. The number of nitriles is 1. The molecular weight excluding hydrogens is 520 g/mol. The zero-order chi connectivity index (χ0) is 26.6. The smallest absolute Gasteiger partial charge is 0.271 e. The molecule has 1 aliphatic rings. The summed E-state index contributed by atoms with van der Waals surface area (Å²) in [6.07, 6.45) is 1.72. The van der Waals surface area contributed by atoms with Crippen LogP contribution in [0, 0.1) is 11.3 Å². The highest BCUT2D eigenvalue weighted by Gasteiger charge is 2.32. The van der Waals surface area contributed by atoms with Gasteiger partial charge in [0.1, 0.15) is 11.8 Å². The molecule has 2 heterocycles. The van der Waals surface area contributed by atoms with Gasteiger partial charge in [0.25, 0.3) is 11.5 Å². The maximum atomic E-state index is 13.8. The number of anilines is 1. The Bertz CT molecular complexity index is 1770. The van der Waals surface area contributed by atoms with Crippen molar-refractivity contribution in [2.45, 2.75) is 13.0 Å². The molecule has 5 rings (SSSR count). The van der Waals surface area contributed by atoms with Crippen LogP contribution in [0.2, 0.25) is 5.02 Å². The number of halogens is 1. The minimum absolute atomic E-state index is 0.109. The second-order valence-electron chi connectivity index (χ2n) is 8.44. The van der Waals surface area contributed by atoms with Crippen LogP contribution in [0.15, 0.2) is 99.9 Å². The summed E-state index contributed by atoms with van der Waals surface area (Å²) >= 11 is 7.38. The van der Waals surface area contributed by atoms with E-state index in [1.54, 1.807) is 54.0 Å². The van der Waals surface area contributed by atoms with E-state index in [1.807, 2.05) is 48.5 Å². The molecule has 3 aromatic carbocycles. The molecule has 0 aliphatic carbocycles. The molecule has 0 spiro atoms. The molecule has 0 saturated heterocycles.